The van der Waals surface area contributed by atoms with E-state index in [0.717, 1.165) is 37.3 Å². The van der Waals surface area contributed by atoms with E-state index in [2.05, 4.69) is 22.1 Å². The highest BCUT2D eigenvalue weighted by atomic mass is 35.5. The molecule has 0 unspecified atom stereocenters. The van der Waals surface area contributed by atoms with Crippen LogP contribution in [0.5, 0.6) is 0 Å². The summed E-state index contributed by atoms with van der Waals surface area (Å²) in [6, 6.07) is 11.7. The Morgan fingerprint density at radius 2 is 1.93 bits per heavy atom. The van der Waals surface area contributed by atoms with Crippen LogP contribution in [0.15, 0.2) is 42.6 Å². The number of anilines is 2. The number of aromatic nitrogens is 1. The molecule has 27 heavy (non-hydrogen) atoms. The van der Waals surface area contributed by atoms with Gasteiger partial charge in [0.1, 0.15) is 5.69 Å². The number of nitrogens with one attached hydrogen (secondary N) is 1. The van der Waals surface area contributed by atoms with Crippen LogP contribution in [0, 0.1) is 0 Å². The molecular weight excluding hydrogens is 362 g/mol. The topological polar surface area (TPSA) is 54.5 Å². The molecule has 0 atom stereocenters. The number of amides is 1. The molecule has 5 nitrogen and oxygen atoms in total. The van der Waals surface area contributed by atoms with Crippen LogP contribution in [-0.2, 0) is 11.2 Å². The molecule has 2 heterocycles. The Hall–Kier alpha value is -2.11. The summed E-state index contributed by atoms with van der Waals surface area (Å²) < 4.78 is 5.42. The Morgan fingerprint density at radius 1 is 1.15 bits per heavy atom. The van der Waals surface area contributed by atoms with Crippen molar-refractivity contribution in [2.24, 2.45) is 0 Å². The van der Waals surface area contributed by atoms with E-state index in [1.807, 2.05) is 42.6 Å². The number of halogens is 1. The van der Waals surface area contributed by atoms with Crippen molar-refractivity contribution >= 4 is 29.7 Å². The standard InChI is InChI=1S/C21H27N3O2.ClH/c1-2-3-4-7-17-10-11-19(22-16-17)21(25)23-18-8-5-6-9-20(18)24-12-14-26-15-13-24;/h5-6,8-11,16H,2-4,7,12-15H2,1H3,(H,23,25);1H. The molecule has 0 aliphatic carbocycles. The van der Waals surface area contributed by atoms with Gasteiger partial charge in [0, 0.05) is 19.3 Å². The number of carbonyl (C=O) groups excluding carboxylic acids is 1. The van der Waals surface area contributed by atoms with Crippen LogP contribution in [0.2, 0.25) is 0 Å². The van der Waals surface area contributed by atoms with Gasteiger partial charge < -0.3 is 15.0 Å². The number of benzene rings is 1. The van der Waals surface area contributed by atoms with Gasteiger partial charge in [-0.2, -0.15) is 0 Å². The Balaban J connectivity index is 0.00000261. The average molecular weight is 390 g/mol. The van der Waals surface area contributed by atoms with Gasteiger partial charge in [0.25, 0.3) is 5.91 Å². The highest BCUT2D eigenvalue weighted by Crippen LogP contribution is 2.26. The lowest BCUT2D eigenvalue weighted by Crippen LogP contribution is -2.36. The monoisotopic (exact) mass is 389 g/mol. The summed E-state index contributed by atoms with van der Waals surface area (Å²) in [5.41, 5.74) is 3.47. The third-order valence-electron chi connectivity index (χ3n) is 4.63. The Kier molecular flexibility index (Phi) is 8.55. The molecule has 0 bridgehead atoms. The van der Waals surface area contributed by atoms with Crippen molar-refractivity contribution in [2.45, 2.75) is 32.6 Å². The number of unbranched alkanes of at least 4 members (excludes halogenated alkanes) is 2. The number of morpholine rings is 1. The SMILES string of the molecule is CCCCCc1ccc(C(=O)Nc2ccccc2N2CCOCC2)nc1.Cl. The molecule has 1 N–H and O–H groups in total. The van der Waals surface area contributed by atoms with E-state index in [-0.39, 0.29) is 18.3 Å². The largest absolute Gasteiger partial charge is 0.378 e. The first kappa shape index (κ1) is 21.2. The normalized spacial score (nSPS) is 13.7. The lowest BCUT2D eigenvalue weighted by molar-refractivity contribution is 0.102. The number of aryl methyl sites for hydroxylation is 1. The van der Waals surface area contributed by atoms with E-state index in [0.29, 0.717) is 18.9 Å². The Bertz CT molecular complexity index is 716. The summed E-state index contributed by atoms with van der Waals surface area (Å²) in [6.45, 7) is 5.28. The van der Waals surface area contributed by atoms with Gasteiger partial charge in [-0.1, -0.05) is 38.0 Å². The van der Waals surface area contributed by atoms with Crippen LogP contribution in [0.3, 0.4) is 0 Å². The number of ether oxygens (including phenoxy) is 1. The minimum atomic E-state index is -0.175. The van der Waals surface area contributed by atoms with Crippen LogP contribution in [0.1, 0.15) is 42.2 Å². The molecule has 3 rings (SSSR count). The first-order valence-electron chi connectivity index (χ1n) is 9.46. The highest BCUT2D eigenvalue weighted by molar-refractivity contribution is 6.04. The number of nitrogens with zero attached hydrogens (tertiary/aromatic N) is 2. The first-order valence-corrected chi connectivity index (χ1v) is 9.46. The van der Waals surface area contributed by atoms with Crippen LogP contribution < -0.4 is 10.2 Å². The predicted octanol–water partition coefficient (Wildman–Crippen LogP) is 4.33. The van der Waals surface area contributed by atoms with Gasteiger partial charge in [0.2, 0.25) is 0 Å². The van der Waals surface area contributed by atoms with Crippen molar-refractivity contribution in [3.05, 3.63) is 53.9 Å². The number of carbonyl (C=O) groups is 1. The summed E-state index contributed by atoms with van der Waals surface area (Å²) in [5.74, 6) is -0.175. The first-order chi connectivity index (χ1) is 12.8. The number of hydrogen-bond acceptors (Lipinski definition) is 4. The number of hydrogen-bond donors (Lipinski definition) is 1. The van der Waals surface area contributed by atoms with Gasteiger partial charge in [-0.25, -0.2) is 0 Å². The molecule has 0 radical (unpaired) electrons. The maximum absolute atomic E-state index is 12.6. The minimum absolute atomic E-state index is 0. The third kappa shape index (κ3) is 5.94. The zero-order valence-corrected chi connectivity index (χ0v) is 16.6. The van der Waals surface area contributed by atoms with Crippen LogP contribution in [0.25, 0.3) is 0 Å². The van der Waals surface area contributed by atoms with E-state index >= 15 is 0 Å². The smallest absolute Gasteiger partial charge is 0.274 e. The van der Waals surface area contributed by atoms with Crippen LogP contribution in [-0.4, -0.2) is 37.2 Å². The second-order valence-electron chi connectivity index (χ2n) is 6.58. The van der Waals surface area contributed by atoms with Crippen molar-refractivity contribution < 1.29 is 9.53 Å². The molecule has 1 fully saturated rings. The van der Waals surface area contributed by atoms with E-state index < -0.39 is 0 Å². The van der Waals surface area contributed by atoms with Gasteiger partial charge in [-0.15, -0.1) is 12.4 Å². The van der Waals surface area contributed by atoms with Crippen LogP contribution in [0.4, 0.5) is 11.4 Å². The van der Waals surface area contributed by atoms with Crippen molar-refractivity contribution in [3.8, 4) is 0 Å². The molecule has 146 valence electrons. The second-order valence-corrected chi connectivity index (χ2v) is 6.58. The summed E-state index contributed by atoms with van der Waals surface area (Å²) in [6.07, 6.45) is 6.43. The van der Waals surface area contributed by atoms with E-state index in [1.165, 1.54) is 18.4 Å². The Morgan fingerprint density at radius 3 is 2.63 bits per heavy atom. The molecule has 2 aromatic rings. The molecule has 1 amide bonds. The lowest BCUT2D eigenvalue weighted by Gasteiger charge is -2.30. The van der Waals surface area contributed by atoms with Gasteiger partial charge in [0.15, 0.2) is 0 Å². The van der Waals surface area contributed by atoms with Gasteiger partial charge >= 0.3 is 0 Å². The number of pyridine rings is 1. The molecule has 1 aliphatic heterocycles. The van der Waals surface area contributed by atoms with Crippen molar-refractivity contribution in [1.29, 1.82) is 0 Å². The molecular formula is C21H28ClN3O2. The molecule has 1 aromatic carbocycles. The lowest BCUT2D eigenvalue weighted by atomic mass is 10.1. The zero-order chi connectivity index (χ0) is 18.2. The summed E-state index contributed by atoms with van der Waals surface area (Å²) >= 11 is 0. The fourth-order valence-corrected chi connectivity index (χ4v) is 3.13. The van der Waals surface area contributed by atoms with E-state index in [4.69, 9.17) is 4.74 Å². The molecule has 1 saturated heterocycles. The average Bonchev–Trinajstić information content (AvgIpc) is 2.70. The number of para-hydroxylation sites is 2. The van der Waals surface area contributed by atoms with Crippen molar-refractivity contribution in [2.75, 3.05) is 36.5 Å². The molecule has 0 saturated carbocycles. The Labute approximate surface area is 167 Å². The fraction of sp³-hybridized carbons (Fsp3) is 0.429. The minimum Gasteiger partial charge on any atom is -0.378 e. The van der Waals surface area contributed by atoms with Gasteiger partial charge in [0.05, 0.1) is 24.6 Å². The predicted molar refractivity (Wildman–Crippen MR) is 112 cm³/mol. The summed E-state index contributed by atoms with van der Waals surface area (Å²) in [4.78, 5) is 19.2. The fourth-order valence-electron chi connectivity index (χ4n) is 3.13. The number of rotatable bonds is 7. The molecule has 6 heteroatoms. The van der Waals surface area contributed by atoms with Gasteiger partial charge in [-0.05, 0) is 36.6 Å². The highest BCUT2D eigenvalue weighted by Gasteiger charge is 2.16. The van der Waals surface area contributed by atoms with Crippen LogP contribution >= 0.6 is 12.4 Å². The van der Waals surface area contributed by atoms with Crippen molar-refractivity contribution in [1.82, 2.24) is 4.98 Å². The summed E-state index contributed by atoms with van der Waals surface area (Å²) in [5, 5.41) is 3.01. The van der Waals surface area contributed by atoms with E-state index in [1.54, 1.807) is 0 Å². The van der Waals surface area contributed by atoms with Gasteiger partial charge in [-0.3, -0.25) is 9.78 Å². The summed E-state index contributed by atoms with van der Waals surface area (Å²) in [7, 11) is 0. The van der Waals surface area contributed by atoms with E-state index in [9.17, 15) is 4.79 Å². The third-order valence-corrected chi connectivity index (χ3v) is 4.63. The zero-order valence-electron chi connectivity index (χ0n) is 15.8. The maximum atomic E-state index is 12.6. The van der Waals surface area contributed by atoms with Crippen molar-refractivity contribution in [3.63, 3.8) is 0 Å². The molecule has 1 aliphatic rings. The molecule has 1 aromatic heterocycles. The maximum Gasteiger partial charge on any atom is 0.274 e. The second kappa shape index (κ2) is 10.9. The quantitative estimate of drug-likeness (QED) is 0.716. The molecule has 0 spiro atoms.